The summed E-state index contributed by atoms with van der Waals surface area (Å²) in [4.78, 5) is 26.9. The first kappa shape index (κ1) is 26.2. The van der Waals surface area contributed by atoms with E-state index < -0.39 is 0 Å². The van der Waals surface area contributed by atoms with Crippen LogP contribution in [0.15, 0.2) is 77.7 Å². The second kappa shape index (κ2) is 12.9. The average molecular weight is 520 g/mol. The lowest BCUT2D eigenvalue weighted by Gasteiger charge is -2.14. The van der Waals surface area contributed by atoms with Crippen LogP contribution in [0.1, 0.15) is 18.1 Å². The molecule has 192 valence electrons. The Labute approximate surface area is 221 Å². The predicted molar refractivity (Wildman–Crippen MR) is 144 cm³/mol. The Balaban J connectivity index is 1.35. The fraction of sp³-hybridized carbons (Fsp3) is 0.241. The smallest absolute Gasteiger partial charge is 0.293 e. The number of carbonyl (C=O) groups is 2. The van der Waals surface area contributed by atoms with Gasteiger partial charge in [0.05, 0.1) is 18.1 Å². The summed E-state index contributed by atoms with van der Waals surface area (Å²) in [6.45, 7) is 5.48. The van der Waals surface area contributed by atoms with Gasteiger partial charge in [0.25, 0.3) is 11.1 Å². The molecule has 0 bridgehead atoms. The molecule has 0 N–H and O–H groups in total. The third-order valence-corrected chi connectivity index (χ3v) is 6.30. The normalized spacial score (nSPS) is 14.2. The average Bonchev–Trinajstić information content (AvgIpc) is 3.17. The first-order valence-corrected chi connectivity index (χ1v) is 12.9. The number of carbonyl (C=O) groups excluding carboxylic acids is 2. The van der Waals surface area contributed by atoms with Crippen molar-refractivity contribution in [3.63, 3.8) is 0 Å². The topological polar surface area (TPSA) is 74.3 Å². The van der Waals surface area contributed by atoms with Crippen molar-refractivity contribution < 1.29 is 28.5 Å². The highest BCUT2D eigenvalue weighted by molar-refractivity contribution is 8.18. The Hall–Kier alpha value is -3.91. The molecule has 37 heavy (non-hydrogen) atoms. The molecule has 1 aliphatic rings. The van der Waals surface area contributed by atoms with E-state index in [0.717, 1.165) is 28.6 Å². The zero-order valence-corrected chi connectivity index (χ0v) is 21.7. The van der Waals surface area contributed by atoms with Gasteiger partial charge in [-0.1, -0.05) is 42.0 Å². The van der Waals surface area contributed by atoms with Crippen LogP contribution in [-0.2, 0) is 4.79 Å². The standard InChI is InChI=1S/C29H29NO6S/c1-3-33-26-19-22(11-14-25(26)36-18-17-35-23-7-5-4-6-8-23)20-27-28(31)30(29(32)37-27)15-16-34-24-12-9-21(2)10-13-24/h4-14,19-20H,3,15-18H2,1-2H3/b27-20-. The summed E-state index contributed by atoms with van der Waals surface area (Å²) in [5, 5.41) is -0.313. The van der Waals surface area contributed by atoms with Crippen LogP contribution in [-0.4, -0.2) is 49.0 Å². The summed E-state index contributed by atoms with van der Waals surface area (Å²) in [7, 11) is 0. The fourth-order valence-corrected chi connectivity index (χ4v) is 4.43. The molecule has 8 heteroatoms. The summed E-state index contributed by atoms with van der Waals surface area (Å²) in [5.74, 6) is 2.28. The highest BCUT2D eigenvalue weighted by atomic mass is 32.2. The van der Waals surface area contributed by atoms with Crippen LogP contribution < -0.4 is 18.9 Å². The molecule has 1 fully saturated rings. The van der Waals surface area contributed by atoms with Crippen LogP contribution in [0.25, 0.3) is 6.08 Å². The maximum atomic E-state index is 12.9. The van der Waals surface area contributed by atoms with Gasteiger partial charge in [-0.25, -0.2) is 0 Å². The monoisotopic (exact) mass is 519 g/mol. The lowest BCUT2D eigenvalue weighted by Crippen LogP contribution is -2.32. The zero-order chi connectivity index (χ0) is 26.0. The maximum absolute atomic E-state index is 12.9. The quantitative estimate of drug-likeness (QED) is 0.216. The molecule has 7 nitrogen and oxygen atoms in total. The molecule has 3 aromatic rings. The Kier molecular flexibility index (Phi) is 9.10. The second-order valence-electron chi connectivity index (χ2n) is 8.14. The van der Waals surface area contributed by atoms with Crippen LogP contribution in [0.3, 0.4) is 0 Å². The van der Waals surface area contributed by atoms with Gasteiger partial charge in [0.2, 0.25) is 0 Å². The number of benzene rings is 3. The summed E-state index contributed by atoms with van der Waals surface area (Å²) >= 11 is 0.917. The zero-order valence-electron chi connectivity index (χ0n) is 20.8. The Morgan fingerprint density at radius 1 is 0.784 bits per heavy atom. The van der Waals surface area contributed by atoms with Gasteiger partial charge in [-0.05, 0) is 73.6 Å². The van der Waals surface area contributed by atoms with Gasteiger partial charge in [0.1, 0.15) is 31.3 Å². The minimum absolute atomic E-state index is 0.178. The van der Waals surface area contributed by atoms with E-state index in [0.29, 0.717) is 42.0 Å². The SMILES string of the molecule is CCOc1cc(/C=C2\SC(=O)N(CCOc3ccc(C)cc3)C2=O)ccc1OCCOc1ccccc1. The van der Waals surface area contributed by atoms with Crippen molar-refractivity contribution in [2.24, 2.45) is 0 Å². The van der Waals surface area contributed by atoms with Crippen molar-refractivity contribution in [2.45, 2.75) is 13.8 Å². The molecule has 4 rings (SSSR count). The van der Waals surface area contributed by atoms with Gasteiger partial charge in [-0.15, -0.1) is 0 Å². The van der Waals surface area contributed by atoms with Gasteiger partial charge in [0.15, 0.2) is 11.5 Å². The summed E-state index contributed by atoms with van der Waals surface area (Å²) in [5.41, 5.74) is 1.87. The van der Waals surface area contributed by atoms with Crippen LogP contribution in [0.2, 0.25) is 0 Å². The van der Waals surface area contributed by atoms with Gasteiger partial charge >= 0.3 is 0 Å². The molecule has 0 aliphatic carbocycles. The molecular weight excluding hydrogens is 490 g/mol. The summed E-state index contributed by atoms with van der Waals surface area (Å²) in [6, 6.07) is 22.6. The molecule has 2 amide bonds. The van der Waals surface area contributed by atoms with Crippen molar-refractivity contribution in [3.8, 4) is 23.0 Å². The minimum atomic E-state index is -0.334. The molecule has 0 unspecified atom stereocenters. The second-order valence-corrected chi connectivity index (χ2v) is 9.14. The molecule has 1 saturated heterocycles. The predicted octanol–water partition coefficient (Wildman–Crippen LogP) is 5.97. The van der Waals surface area contributed by atoms with Gasteiger partial charge in [-0.3, -0.25) is 14.5 Å². The molecule has 0 radical (unpaired) electrons. The lowest BCUT2D eigenvalue weighted by molar-refractivity contribution is -0.123. The number of hydrogen-bond acceptors (Lipinski definition) is 7. The molecule has 1 aliphatic heterocycles. The van der Waals surface area contributed by atoms with Crippen molar-refractivity contribution in [1.29, 1.82) is 0 Å². The Bertz CT molecular complexity index is 1240. The Morgan fingerprint density at radius 2 is 1.49 bits per heavy atom. The fourth-order valence-electron chi connectivity index (χ4n) is 3.56. The molecule has 0 atom stereocenters. The molecular formula is C29H29NO6S. The van der Waals surface area contributed by atoms with Gasteiger partial charge in [0, 0.05) is 0 Å². The van der Waals surface area contributed by atoms with E-state index in [4.69, 9.17) is 18.9 Å². The molecule has 0 saturated carbocycles. The number of thioether (sulfide) groups is 1. The van der Waals surface area contributed by atoms with Crippen LogP contribution in [0.5, 0.6) is 23.0 Å². The lowest BCUT2D eigenvalue weighted by atomic mass is 10.2. The molecule has 3 aromatic carbocycles. The highest BCUT2D eigenvalue weighted by Gasteiger charge is 2.34. The number of imide groups is 1. The first-order chi connectivity index (χ1) is 18.0. The number of hydrogen-bond donors (Lipinski definition) is 0. The maximum Gasteiger partial charge on any atom is 0.293 e. The number of rotatable bonds is 12. The third-order valence-electron chi connectivity index (χ3n) is 5.40. The number of para-hydroxylation sites is 1. The first-order valence-electron chi connectivity index (χ1n) is 12.1. The Morgan fingerprint density at radius 3 is 2.24 bits per heavy atom. The largest absolute Gasteiger partial charge is 0.492 e. The van der Waals surface area contributed by atoms with E-state index in [1.807, 2.05) is 74.5 Å². The van der Waals surface area contributed by atoms with Crippen LogP contribution in [0.4, 0.5) is 4.79 Å². The van der Waals surface area contributed by atoms with E-state index in [9.17, 15) is 9.59 Å². The summed E-state index contributed by atoms with van der Waals surface area (Å²) in [6.07, 6.45) is 1.69. The molecule has 0 aromatic heterocycles. The van der Waals surface area contributed by atoms with Gasteiger partial charge < -0.3 is 18.9 Å². The number of ether oxygens (including phenoxy) is 4. The third kappa shape index (κ3) is 7.30. The number of nitrogens with zero attached hydrogens (tertiary/aromatic N) is 1. The molecule has 1 heterocycles. The van der Waals surface area contributed by atoms with E-state index in [-0.39, 0.29) is 24.3 Å². The van der Waals surface area contributed by atoms with Crippen molar-refractivity contribution in [1.82, 2.24) is 4.90 Å². The van der Waals surface area contributed by atoms with Crippen LogP contribution in [0, 0.1) is 6.92 Å². The van der Waals surface area contributed by atoms with Crippen molar-refractivity contribution in [2.75, 3.05) is 33.0 Å². The summed E-state index contributed by atoms with van der Waals surface area (Å²) < 4.78 is 23.0. The minimum Gasteiger partial charge on any atom is -0.492 e. The number of amides is 2. The van der Waals surface area contributed by atoms with E-state index in [1.54, 1.807) is 18.2 Å². The van der Waals surface area contributed by atoms with E-state index >= 15 is 0 Å². The number of aryl methyl sites for hydroxylation is 1. The van der Waals surface area contributed by atoms with E-state index in [2.05, 4.69) is 0 Å². The van der Waals surface area contributed by atoms with Crippen molar-refractivity contribution in [3.05, 3.63) is 88.8 Å². The molecule has 0 spiro atoms. The highest BCUT2D eigenvalue weighted by Crippen LogP contribution is 2.34. The van der Waals surface area contributed by atoms with Crippen LogP contribution >= 0.6 is 11.8 Å². The van der Waals surface area contributed by atoms with Gasteiger partial charge in [-0.2, -0.15) is 0 Å². The van der Waals surface area contributed by atoms with E-state index in [1.165, 1.54) is 4.90 Å². The van der Waals surface area contributed by atoms with Crippen molar-refractivity contribution >= 4 is 29.0 Å².